The zero-order valence-electron chi connectivity index (χ0n) is 29.0. The first-order chi connectivity index (χ1) is 25.1. The summed E-state index contributed by atoms with van der Waals surface area (Å²) < 4.78 is 0. The number of hydrogen-bond donors (Lipinski definition) is 0. The van der Waals surface area contributed by atoms with E-state index in [4.69, 9.17) is 0 Å². The van der Waals surface area contributed by atoms with Gasteiger partial charge in [-0.25, -0.2) is 0 Å². The summed E-state index contributed by atoms with van der Waals surface area (Å²) in [5.41, 5.74) is 18.1. The van der Waals surface area contributed by atoms with Crippen LogP contribution in [0.1, 0.15) is 11.1 Å². The molecule has 51 heavy (non-hydrogen) atoms. The molecule has 8 aromatic rings. The molecule has 0 aromatic heterocycles. The average Bonchev–Trinajstić information content (AvgIpc) is 3.19. The fourth-order valence-electron chi connectivity index (χ4n) is 6.99. The highest BCUT2D eigenvalue weighted by Gasteiger charge is 2.14. The van der Waals surface area contributed by atoms with Gasteiger partial charge in [-0.3, -0.25) is 0 Å². The van der Waals surface area contributed by atoms with Gasteiger partial charge in [-0.2, -0.15) is 0 Å². The second kappa shape index (κ2) is 14.2. The summed E-state index contributed by atoms with van der Waals surface area (Å²) in [6, 6.07) is 72.3. The van der Waals surface area contributed by atoms with E-state index in [0.717, 1.165) is 17.1 Å². The molecule has 0 radical (unpaired) electrons. The molecule has 0 heterocycles. The lowest BCUT2D eigenvalue weighted by atomic mass is 9.96. The normalized spacial score (nSPS) is 10.9. The van der Waals surface area contributed by atoms with Crippen LogP contribution in [0.25, 0.3) is 55.6 Å². The van der Waals surface area contributed by atoms with Gasteiger partial charge in [0, 0.05) is 17.1 Å². The molecule has 1 nitrogen and oxygen atoms in total. The Hall–Kier alpha value is -6.44. The lowest BCUT2D eigenvalue weighted by Gasteiger charge is -2.26. The van der Waals surface area contributed by atoms with Crippen LogP contribution in [0.3, 0.4) is 0 Å². The summed E-state index contributed by atoms with van der Waals surface area (Å²) in [5.74, 6) is 0. The van der Waals surface area contributed by atoms with E-state index in [9.17, 15) is 0 Å². The third kappa shape index (κ3) is 7.02. The summed E-state index contributed by atoms with van der Waals surface area (Å²) in [6.07, 6.45) is 0. The van der Waals surface area contributed by atoms with Gasteiger partial charge in [0.25, 0.3) is 0 Å². The van der Waals surface area contributed by atoms with E-state index in [1.54, 1.807) is 0 Å². The average molecular weight is 654 g/mol. The van der Waals surface area contributed by atoms with E-state index in [2.05, 4.69) is 219 Å². The second-order valence-electron chi connectivity index (χ2n) is 13.2. The maximum Gasteiger partial charge on any atom is 0.0462 e. The van der Waals surface area contributed by atoms with Gasteiger partial charge in [-0.05, 0) is 112 Å². The van der Waals surface area contributed by atoms with Gasteiger partial charge in [0.2, 0.25) is 0 Å². The Bertz CT molecular complexity index is 2270. The van der Waals surface area contributed by atoms with Gasteiger partial charge in [0.1, 0.15) is 0 Å². The maximum atomic E-state index is 2.33. The van der Waals surface area contributed by atoms with E-state index in [0.29, 0.717) is 0 Å². The van der Waals surface area contributed by atoms with Gasteiger partial charge in [-0.1, -0.05) is 169 Å². The van der Waals surface area contributed by atoms with Crippen molar-refractivity contribution in [1.29, 1.82) is 0 Å². The van der Waals surface area contributed by atoms with E-state index in [-0.39, 0.29) is 0 Å². The Morgan fingerprint density at radius 2 is 0.529 bits per heavy atom. The third-order valence-corrected chi connectivity index (χ3v) is 9.56. The summed E-state index contributed by atoms with van der Waals surface area (Å²) in [7, 11) is 0. The number of nitrogens with zero attached hydrogens (tertiary/aromatic N) is 1. The molecule has 0 aliphatic carbocycles. The molecule has 0 N–H and O–H groups in total. The number of benzene rings is 8. The summed E-state index contributed by atoms with van der Waals surface area (Å²) >= 11 is 0. The molecular formula is C50H39N. The molecule has 0 spiro atoms. The molecule has 0 aliphatic heterocycles. The van der Waals surface area contributed by atoms with E-state index in [1.807, 2.05) is 0 Å². The van der Waals surface area contributed by atoms with E-state index < -0.39 is 0 Å². The van der Waals surface area contributed by atoms with Crippen molar-refractivity contribution in [3.63, 3.8) is 0 Å². The van der Waals surface area contributed by atoms with Crippen LogP contribution in [-0.4, -0.2) is 0 Å². The van der Waals surface area contributed by atoms with Crippen molar-refractivity contribution in [2.75, 3.05) is 4.90 Å². The Morgan fingerprint density at radius 1 is 0.235 bits per heavy atom. The van der Waals surface area contributed by atoms with Gasteiger partial charge >= 0.3 is 0 Å². The van der Waals surface area contributed by atoms with Crippen LogP contribution in [0, 0.1) is 13.8 Å². The fraction of sp³-hybridized carbons (Fsp3) is 0.0400. The molecule has 0 fully saturated rings. The number of hydrogen-bond acceptors (Lipinski definition) is 1. The van der Waals surface area contributed by atoms with E-state index >= 15 is 0 Å². The molecule has 8 aromatic carbocycles. The Morgan fingerprint density at radius 3 is 0.922 bits per heavy atom. The number of anilines is 3. The van der Waals surface area contributed by atoms with Gasteiger partial charge in [-0.15, -0.1) is 0 Å². The number of rotatable bonds is 8. The Kier molecular flexibility index (Phi) is 8.85. The summed E-state index contributed by atoms with van der Waals surface area (Å²) in [5, 5.41) is 0. The van der Waals surface area contributed by atoms with Gasteiger partial charge in [0.15, 0.2) is 0 Å². The first kappa shape index (κ1) is 31.8. The highest BCUT2D eigenvalue weighted by Crippen LogP contribution is 2.38. The van der Waals surface area contributed by atoms with Crippen molar-refractivity contribution in [2.45, 2.75) is 13.8 Å². The number of aryl methyl sites for hydroxylation is 2. The van der Waals surface area contributed by atoms with Crippen LogP contribution in [0.4, 0.5) is 17.1 Å². The van der Waals surface area contributed by atoms with Crippen molar-refractivity contribution in [3.05, 3.63) is 211 Å². The molecule has 0 unspecified atom stereocenters. The van der Waals surface area contributed by atoms with Crippen molar-refractivity contribution < 1.29 is 0 Å². The van der Waals surface area contributed by atoms with Crippen LogP contribution in [0.2, 0.25) is 0 Å². The van der Waals surface area contributed by atoms with Crippen molar-refractivity contribution in [2.24, 2.45) is 0 Å². The largest absolute Gasteiger partial charge is 0.311 e. The van der Waals surface area contributed by atoms with Gasteiger partial charge < -0.3 is 4.90 Å². The highest BCUT2D eigenvalue weighted by atomic mass is 15.1. The Balaban J connectivity index is 1.09. The molecule has 1 heteroatoms. The standard InChI is InChI=1S/C50H39N/c1-36-32-37(2)34-47(33-36)44-18-16-42(17-19-44)45-14-9-15-46(35-45)43-24-30-50(31-25-43)51(48-26-20-40(21-27-48)38-10-5-3-6-11-38)49-28-22-41(23-29-49)39-12-7-4-8-13-39/h3-35H,1-2H3. The van der Waals surface area contributed by atoms with Gasteiger partial charge in [0.05, 0.1) is 0 Å². The SMILES string of the molecule is Cc1cc(C)cc(-c2ccc(-c3cccc(-c4ccc(N(c5ccc(-c6ccccc6)cc5)c5ccc(-c6ccccc6)cc5)cc4)c3)cc2)c1. The molecular weight excluding hydrogens is 615 g/mol. The monoisotopic (exact) mass is 653 g/mol. The molecule has 0 amide bonds. The van der Waals surface area contributed by atoms with Crippen LogP contribution in [0.5, 0.6) is 0 Å². The predicted molar refractivity (Wildman–Crippen MR) is 218 cm³/mol. The predicted octanol–water partition coefficient (Wildman–Crippen LogP) is 14.1. The quantitative estimate of drug-likeness (QED) is 0.158. The molecule has 0 saturated carbocycles. The van der Waals surface area contributed by atoms with Crippen LogP contribution in [-0.2, 0) is 0 Å². The molecule has 0 aliphatic rings. The molecule has 0 bridgehead atoms. The lowest BCUT2D eigenvalue weighted by Crippen LogP contribution is -2.09. The van der Waals surface area contributed by atoms with Crippen molar-refractivity contribution >= 4 is 17.1 Å². The topological polar surface area (TPSA) is 3.24 Å². The lowest BCUT2D eigenvalue weighted by molar-refractivity contribution is 1.28. The Labute approximate surface area is 301 Å². The minimum absolute atomic E-state index is 1.11. The summed E-state index contributed by atoms with van der Waals surface area (Å²) in [4.78, 5) is 2.33. The molecule has 0 atom stereocenters. The molecule has 0 saturated heterocycles. The minimum Gasteiger partial charge on any atom is -0.311 e. The first-order valence-electron chi connectivity index (χ1n) is 17.6. The van der Waals surface area contributed by atoms with Crippen molar-refractivity contribution in [1.82, 2.24) is 0 Å². The molecule has 8 rings (SSSR count). The zero-order chi connectivity index (χ0) is 34.6. The van der Waals surface area contributed by atoms with E-state index in [1.165, 1.54) is 66.8 Å². The minimum atomic E-state index is 1.11. The van der Waals surface area contributed by atoms with Crippen LogP contribution >= 0.6 is 0 Å². The third-order valence-electron chi connectivity index (χ3n) is 9.56. The smallest absolute Gasteiger partial charge is 0.0462 e. The summed E-state index contributed by atoms with van der Waals surface area (Å²) in [6.45, 7) is 4.32. The fourth-order valence-corrected chi connectivity index (χ4v) is 6.99. The maximum absolute atomic E-state index is 2.33. The second-order valence-corrected chi connectivity index (χ2v) is 13.2. The van der Waals surface area contributed by atoms with Crippen LogP contribution < -0.4 is 4.90 Å². The van der Waals surface area contributed by atoms with Crippen LogP contribution in [0.15, 0.2) is 200 Å². The zero-order valence-corrected chi connectivity index (χ0v) is 29.0. The molecule has 244 valence electrons. The first-order valence-corrected chi connectivity index (χ1v) is 17.6. The highest BCUT2D eigenvalue weighted by molar-refractivity contribution is 5.82. The van der Waals surface area contributed by atoms with Crippen molar-refractivity contribution in [3.8, 4) is 55.6 Å².